The Hall–Kier alpha value is -2.18. The van der Waals surface area contributed by atoms with Crippen LogP contribution < -0.4 is 4.90 Å². The molecule has 3 heterocycles. The van der Waals surface area contributed by atoms with E-state index in [1.54, 1.807) is 6.20 Å². The molecule has 0 saturated carbocycles. The quantitative estimate of drug-likeness (QED) is 0.846. The van der Waals surface area contributed by atoms with Gasteiger partial charge in [0.05, 0.1) is 18.1 Å². The first-order chi connectivity index (χ1) is 9.16. The molecule has 0 radical (unpaired) electrons. The molecule has 2 aromatic rings. The van der Waals surface area contributed by atoms with Gasteiger partial charge in [-0.15, -0.1) is 0 Å². The van der Waals surface area contributed by atoms with Gasteiger partial charge in [-0.05, 0) is 13.8 Å². The number of piperazine rings is 1. The Labute approximate surface area is 110 Å². The second kappa shape index (κ2) is 4.49. The average Bonchev–Trinajstić information content (AvgIpc) is 2.86. The second-order valence-corrected chi connectivity index (χ2v) is 4.93. The van der Waals surface area contributed by atoms with E-state index in [-0.39, 0.29) is 11.9 Å². The number of nitrogens with zero attached hydrogens (tertiary/aromatic N) is 5. The fraction of sp³-hybridized carbons (Fsp3) is 0.500. The largest absolute Gasteiger partial charge is 0.345 e. The van der Waals surface area contributed by atoms with E-state index in [1.807, 2.05) is 23.6 Å². The van der Waals surface area contributed by atoms with Gasteiger partial charge in [0.15, 0.2) is 5.65 Å². The molecule has 0 bridgehead atoms. The first kappa shape index (κ1) is 11.9. The van der Waals surface area contributed by atoms with Gasteiger partial charge in [-0.3, -0.25) is 9.89 Å². The molecule has 1 aliphatic heterocycles. The van der Waals surface area contributed by atoms with Crippen molar-refractivity contribution in [1.82, 2.24) is 25.1 Å². The minimum absolute atomic E-state index is 0.136. The molecule has 0 spiro atoms. The first-order valence-corrected chi connectivity index (χ1v) is 6.35. The van der Waals surface area contributed by atoms with Crippen LogP contribution in [0.1, 0.15) is 13.8 Å². The molecule has 7 heteroatoms. The van der Waals surface area contributed by atoms with Crippen LogP contribution in [0, 0.1) is 0 Å². The second-order valence-electron chi connectivity index (χ2n) is 4.93. The molecule has 0 atom stereocenters. The molecule has 19 heavy (non-hydrogen) atoms. The molecule has 1 aliphatic rings. The van der Waals surface area contributed by atoms with E-state index in [0.717, 1.165) is 24.3 Å². The van der Waals surface area contributed by atoms with E-state index in [0.29, 0.717) is 12.2 Å². The number of anilines is 1. The maximum atomic E-state index is 12.1. The molecule has 3 rings (SSSR count). The summed E-state index contributed by atoms with van der Waals surface area (Å²) in [5.74, 6) is 0.909. The Balaban J connectivity index is 1.88. The molecular weight excluding hydrogens is 244 g/mol. The lowest BCUT2D eigenvalue weighted by Gasteiger charge is -2.37. The van der Waals surface area contributed by atoms with E-state index in [4.69, 9.17) is 0 Å². The van der Waals surface area contributed by atoms with Crippen molar-refractivity contribution >= 4 is 22.8 Å². The molecule has 1 saturated heterocycles. The number of hydrogen-bond donors (Lipinski definition) is 1. The lowest BCUT2D eigenvalue weighted by Crippen LogP contribution is -2.53. The Morgan fingerprint density at radius 3 is 2.89 bits per heavy atom. The summed E-state index contributed by atoms with van der Waals surface area (Å²) < 4.78 is 0. The summed E-state index contributed by atoms with van der Waals surface area (Å²) in [5.41, 5.74) is 0.698. The number of aromatic nitrogens is 4. The summed E-state index contributed by atoms with van der Waals surface area (Å²) in [5, 5.41) is 7.64. The highest BCUT2D eigenvalue weighted by Crippen LogP contribution is 2.22. The van der Waals surface area contributed by atoms with Crippen LogP contribution in [0.4, 0.5) is 5.82 Å². The van der Waals surface area contributed by atoms with Crippen LogP contribution in [-0.2, 0) is 4.79 Å². The Bertz CT molecular complexity index is 607. The minimum Gasteiger partial charge on any atom is -0.345 e. The number of H-pyrrole nitrogens is 1. The third-order valence-corrected chi connectivity index (χ3v) is 3.41. The summed E-state index contributed by atoms with van der Waals surface area (Å²) in [6.07, 6.45) is 3.19. The van der Waals surface area contributed by atoms with E-state index < -0.39 is 0 Å². The predicted octanol–water partition coefficient (Wildman–Crippen LogP) is 0.410. The number of aromatic amines is 1. The van der Waals surface area contributed by atoms with Crippen molar-refractivity contribution in [3.63, 3.8) is 0 Å². The maximum absolute atomic E-state index is 12.1. The van der Waals surface area contributed by atoms with Crippen molar-refractivity contribution in [2.24, 2.45) is 0 Å². The zero-order valence-electron chi connectivity index (χ0n) is 11.0. The zero-order chi connectivity index (χ0) is 13.4. The monoisotopic (exact) mass is 260 g/mol. The van der Waals surface area contributed by atoms with E-state index in [9.17, 15) is 4.79 Å². The zero-order valence-corrected chi connectivity index (χ0v) is 11.0. The van der Waals surface area contributed by atoms with E-state index >= 15 is 0 Å². The lowest BCUT2D eigenvalue weighted by molar-refractivity contribution is -0.132. The van der Waals surface area contributed by atoms with Crippen molar-refractivity contribution in [2.45, 2.75) is 19.9 Å². The van der Waals surface area contributed by atoms with Crippen molar-refractivity contribution in [2.75, 3.05) is 24.5 Å². The molecule has 0 aromatic carbocycles. The number of nitrogens with one attached hydrogen (secondary N) is 1. The molecule has 0 aliphatic carbocycles. The number of amides is 1. The molecule has 2 aromatic heterocycles. The van der Waals surface area contributed by atoms with Gasteiger partial charge in [0, 0.05) is 19.1 Å². The Morgan fingerprint density at radius 1 is 1.32 bits per heavy atom. The highest BCUT2D eigenvalue weighted by atomic mass is 16.2. The van der Waals surface area contributed by atoms with Gasteiger partial charge in [-0.1, -0.05) is 0 Å². The van der Waals surface area contributed by atoms with Gasteiger partial charge < -0.3 is 9.80 Å². The maximum Gasteiger partial charge on any atom is 0.242 e. The Kier molecular flexibility index (Phi) is 2.81. The van der Waals surface area contributed by atoms with Crippen LogP contribution in [0.3, 0.4) is 0 Å². The number of rotatable bonds is 2. The summed E-state index contributed by atoms with van der Waals surface area (Å²) >= 11 is 0. The van der Waals surface area contributed by atoms with Gasteiger partial charge in [0.2, 0.25) is 5.91 Å². The highest BCUT2D eigenvalue weighted by molar-refractivity contribution is 5.90. The van der Waals surface area contributed by atoms with E-state index in [2.05, 4.69) is 20.2 Å². The predicted molar refractivity (Wildman–Crippen MR) is 70.7 cm³/mol. The third kappa shape index (κ3) is 2.00. The van der Waals surface area contributed by atoms with Crippen molar-refractivity contribution in [1.29, 1.82) is 0 Å². The molecule has 7 nitrogen and oxygen atoms in total. The fourth-order valence-electron chi connectivity index (χ4n) is 2.42. The SMILES string of the molecule is CC(C)N1CCN(c2ncnc3[nH]ncc23)CC1=O. The number of hydrogen-bond acceptors (Lipinski definition) is 5. The molecule has 1 amide bonds. The smallest absolute Gasteiger partial charge is 0.242 e. The van der Waals surface area contributed by atoms with Crippen LogP contribution in [0.25, 0.3) is 11.0 Å². The van der Waals surface area contributed by atoms with Crippen molar-refractivity contribution in [3.05, 3.63) is 12.5 Å². The van der Waals surface area contributed by atoms with Crippen LogP contribution in [0.5, 0.6) is 0 Å². The van der Waals surface area contributed by atoms with Gasteiger partial charge in [0.25, 0.3) is 0 Å². The van der Waals surface area contributed by atoms with Gasteiger partial charge in [-0.25, -0.2) is 9.97 Å². The standard InChI is InChI=1S/C12H16N6O/c1-8(2)18-4-3-17(6-10(18)19)12-9-5-15-16-11(9)13-7-14-12/h5,7-8H,3-4,6H2,1-2H3,(H,13,14,15,16). The van der Waals surface area contributed by atoms with Gasteiger partial charge in [-0.2, -0.15) is 5.10 Å². The molecule has 0 unspecified atom stereocenters. The number of carbonyl (C=O) groups excluding carboxylic acids is 1. The molecule has 1 N–H and O–H groups in total. The van der Waals surface area contributed by atoms with Crippen molar-refractivity contribution in [3.8, 4) is 0 Å². The summed E-state index contributed by atoms with van der Waals surface area (Å²) in [7, 11) is 0. The van der Waals surface area contributed by atoms with Crippen LogP contribution >= 0.6 is 0 Å². The van der Waals surface area contributed by atoms with Gasteiger partial charge in [0.1, 0.15) is 12.1 Å². The van der Waals surface area contributed by atoms with Gasteiger partial charge >= 0.3 is 0 Å². The summed E-state index contributed by atoms with van der Waals surface area (Å²) in [4.78, 5) is 24.4. The normalized spacial score (nSPS) is 16.7. The number of fused-ring (bicyclic) bond motifs is 1. The summed E-state index contributed by atoms with van der Waals surface area (Å²) in [6, 6.07) is 0.244. The Morgan fingerprint density at radius 2 is 2.16 bits per heavy atom. The topological polar surface area (TPSA) is 78.0 Å². The molecule has 100 valence electrons. The highest BCUT2D eigenvalue weighted by Gasteiger charge is 2.27. The minimum atomic E-state index is 0.136. The molecular formula is C12H16N6O. The van der Waals surface area contributed by atoms with Crippen LogP contribution in [-0.4, -0.2) is 56.6 Å². The summed E-state index contributed by atoms with van der Waals surface area (Å²) in [6.45, 7) is 5.93. The molecule has 1 fully saturated rings. The lowest BCUT2D eigenvalue weighted by atomic mass is 10.2. The average molecular weight is 260 g/mol. The van der Waals surface area contributed by atoms with Crippen LogP contribution in [0.15, 0.2) is 12.5 Å². The van der Waals surface area contributed by atoms with E-state index in [1.165, 1.54) is 6.33 Å². The third-order valence-electron chi connectivity index (χ3n) is 3.41. The van der Waals surface area contributed by atoms with Crippen LogP contribution in [0.2, 0.25) is 0 Å². The fourth-order valence-corrected chi connectivity index (χ4v) is 2.42. The number of carbonyl (C=O) groups is 1. The first-order valence-electron chi connectivity index (χ1n) is 6.35. The van der Waals surface area contributed by atoms with Crippen molar-refractivity contribution < 1.29 is 4.79 Å².